The van der Waals surface area contributed by atoms with Crippen LogP contribution >= 0.6 is 0 Å². The van der Waals surface area contributed by atoms with Crippen molar-refractivity contribution in [1.82, 2.24) is 4.98 Å². The Morgan fingerprint density at radius 3 is 2.89 bits per heavy atom. The van der Waals surface area contributed by atoms with E-state index < -0.39 is 0 Å². The van der Waals surface area contributed by atoms with Gasteiger partial charge in [-0.15, -0.1) is 0 Å². The van der Waals surface area contributed by atoms with E-state index in [4.69, 9.17) is 10.5 Å². The lowest BCUT2D eigenvalue weighted by Gasteiger charge is -2.38. The minimum absolute atomic E-state index is 0.383. The van der Waals surface area contributed by atoms with Crippen molar-refractivity contribution in [2.75, 3.05) is 0 Å². The van der Waals surface area contributed by atoms with Crippen LogP contribution in [0.25, 0.3) is 0 Å². The van der Waals surface area contributed by atoms with Crippen LogP contribution in [-0.2, 0) is 17.9 Å². The molecule has 0 bridgehead atoms. The van der Waals surface area contributed by atoms with E-state index in [-0.39, 0.29) is 0 Å². The molecule has 3 heteroatoms. The zero-order valence-electron chi connectivity index (χ0n) is 12.4. The second-order valence-corrected chi connectivity index (χ2v) is 6.71. The van der Waals surface area contributed by atoms with Gasteiger partial charge in [0.25, 0.3) is 0 Å². The molecule has 3 nitrogen and oxygen atoms in total. The molecule has 2 N–H and O–H groups in total. The highest BCUT2D eigenvalue weighted by molar-refractivity contribution is 5.15. The molecule has 0 aliphatic heterocycles. The van der Waals surface area contributed by atoms with E-state index in [0.29, 0.717) is 24.7 Å². The van der Waals surface area contributed by atoms with E-state index in [1.165, 1.54) is 18.4 Å². The summed E-state index contributed by atoms with van der Waals surface area (Å²) in [4.78, 5) is 4.21. The second-order valence-electron chi connectivity index (χ2n) is 6.71. The Balaban J connectivity index is 1.91. The van der Waals surface area contributed by atoms with Gasteiger partial charge in [-0.2, -0.15) is 0 Å². The number of hydrogen-bond donors (Lipinski definition) is 1. The van der Waals surface area contributed by atoms with Gasteiger partial charge in [0.1, 0.15) is 0 Å². The summed E-state index contributed by atoms with van der Waals surface area (Å²) < 4.78 is 6.11. The van der Waals surface area contributed by atoms with E-state index in [9.17, 15) is 0 Å². The second kappa shape index (κ2) is 6.02. The fourth-order valence-corrected chi connectivity index (χ4v) is 3.33. The Bertz CT molecular complexity index is 417. The molecule has 2 atom stereocenters. The van der Waals surface area contributed by atoms with Gasteiger partial charge < -0.3 is 10.5 Å². The summed E-state index contributed by atoms with van der Waals surface area (Å²) in [5, 5.41) is 0. The lowest BCUT2D eigenvalue weighted by molar-refractivity contribution is -0.0316. The maximum absolute atomic E-state index is 6.11. The molecule has 1 fully saturated rings. The van der Waals surface area contributed by atoms with E-state index in [2.05, 4.69) is 25.8 Å². The summed E-state index contributed by atoms with van der Waals surface area (Å²) in [6, 6.07) is 4.05. The van der Waals surface area contributed by atoms with Crippen LogP contribution < -0.4 is 5.73 Å². The highest BCUT2D eigenvalue weighted by Crippen LogP contribution is 2.39. The fraction of sp³-hybridized carbons (Fsp3) is 0.688. The summed E-state index contributed by atoms with van der Waals surface area (Å²) in [6.07, 6.45) is 5.84. The van der Waals surface area contributed by atoms with Crippen molar-refractivity contribution in [2.45, 2.75) is 59.3 Å². The molecule has 1 aliphatic carbocycles. The lowest BCUT2D eigenvalue weighted by atomic mass is 9.71. The van der Waals surface area contributed by atoms with Crippen LogP contribution in [0.15, 0.2) is 18.3 Å². The number of rotatable bonds is 4. The first kappa shape index (κ1) is 14.5. The standard InChI is InChI=1S/C16H26N2O/c1-12-6-15(9-16(2,3)8-12)19-11-13-4-5-18-14(7-13)10-17/h4-5,7,12,15H,6,8-11,17H2,1-3H3. The van der Waals surface area contributed by atoms with E-state index in [1.807, 2.05) is 18.3 Å². The summed E-state index contributed by atoms with van der Waals surface area (Å²) in [6.45, 7) is 8.18. The third-order valence-electron chi connectivity index (χ3n) is 3.92. The van der Waals surface area contributed by atoms with Crippen molar-refractivity contribution in [1.29, 1.82) is 0 Å². The molecule has 0 aromatic carbocycles. The Hall–Kier alpha value is -0.930. The van der Waals surface area contributed by atoms with Crippen molar-refractivity contribution in [3.05, 3.63) is 29.6 Å². The molecule has 0 radical (unpaired) electrons. The van der Waals surface area contributed by atoms with Crippen molar-refractivity contribution in [2.24, 2.45) is 17.1 Å². The number of nitrogens with zero attached hydrogens (tertiary/aromatic N) is 1. The third kappa shape index (κ3) is 4.29. The molecule has 1 saturated carbocycles. The highest BCUT2D eigenvalue weighted by atomic mass is 16.5. The number of aromatic nitrogens is 1. The first-order chi connectivity index (χ1) is 8.98. The van der Waals surface area contributed by atoms with Crippen molar-refractivity contribution < 1.29 is 4.74 Å². The summed E-state index contributed by atoms with van der Waals surface area (Å²) in [5.41, 5.74) is 8.12. The topological polar surface area (TPSA) is 48.1 Å². The highest BCUT2D eigenvalue weighted by Gasteiger charge is 2.32. The first-order valence-corrected chi connectivity index (χ1v) is 7.24. The predicted octanol–water partition coefficient (Wildman–Crippen LogP) is 3.27. The molecule has 2 unspecified atom stereocenters. The Morgan fingerprint density at radius 1 is 1.42 bits per heavy atom. The molecule has 1 aromatic rings. The van der Waals surface area contributed by atoms with Gasteiger partial charge in [0.05, 0.1) is 18.4 Å². The maximum Gasteiger partial charge on any atom is 0.0721 e. The average Bonchev–Trinajstić information content (AvgIpc) is 2.34. The van der Waals surface area contributed by atoms with Gasteiger partial charge in [-0.3, -0.25) is 4.98 Å². The van der Waals surface area contributed by atoms with Crippen molar-refractivity contribution in [3.63, 3.8) is 0 Å². The molecule has 106 valence electrons. The van der Waals surface area contributed by atoms with Gasteiger partial charge in [-0.1, -0.05) is 20.8 Å². The van der Waals surface area contributed by atoms with Crippen LogP contribution in [0.1, 0.15) is 51.3 Å². The van der Waals surface area contributed by atoms with Crippen LogP contribution in [0.5, 0.6) is 0 Å². The fourth-order valence-electron chi connectivity index (χ4n) is 3.33. The quantitative estimate of drug-likeness (QED) is 0.906. The largest absolute Gasteiger partial charge is 0.374 e. The Morgan fingerprint density at radius 2 is 2.21 bits per heavy atom. The summed E-state index contributed by atoms with van der Waals surface area (Å²) in [7, 11) is 0. The zero-order valence-corrected chi connectivity index (χ0v) is 12.4. The number of pyridine rings is 1. The minimum atomic E-state index is 0.383. The number of ether oxygens (including phenoxy) is 1. The minimum Gasteiger partial charge on any atom is -0.374 e. The van der Waals surface area contributed by atoms with Gasteiger partial charge in [0, 0.05) is 12.7 Å². The molecule has 2 rings (SSSR count). The number of hydrogen-bond acceptors (Lipinski definition) is 3. The Kier molecular flexibility index (Phi) is 4.58. The summed E-state index contributed by atoms with van der Waals surface area (Å²) >= 11 is 0. The average molecular weight is 262 g/mol. The van der Waals surface area contributed by atoms with Crippen LogP contribution in [0.2, 0.25) is 0 Å². The van der Waals surface area contributed by atoms with E-state index in [1.54, 1.807) is 0 Å². The van der Waals surface area contributed by atoms with Crippen molar-refractivity contribution in [3.8, 4) is 0 Å². The molecule has 0 saturated heterocycles. The molecule has 0 amide bonds. The van der Waals surface area contributed by atoms with Crippen LogP contribution in [0.3, 0.4) is 0 Å². The van der Waals surface area contributed by atoms with Gasteiger partial charge in [0.2, 0.25) is 0 Å². The predicted molar refractivity (Wildman–Crippen MR) is 77.5 cm³/mol. The van der Waals surface area contributed by atoms with E-state index in [0.717, 1.165) is 18.0 Å². The van der Waals surface area contributed by atoms with Crippen LogP contribution in [0.4, 0.5) is 0 Å². The number of nitrogens with two attached hydrogens (primary N) is 1. The van der Waals surface area contributed by atoms with Gasteiger partial charge in [0.15, 0.2) is 0 Å². The molecule has 1 aromatic heterocycles. The van der Waals surface area contributed by atoms with Gasteiger partial charge in [-0.25, -0.2) is 0 Å². The van der Waals surface area contributed by atoms with Gasteiger partial charge in [-0.05, 0) is 48.3 Å². The smallest absolute Gasteiger partial charge is 0.0721 e. The Labute approximate surface area is 116 Å². The van der Waals surface area contributed by atoms with Crippen molar-refractivity contribution >= 4 is 0 Å². The molecule has 1 aliphatic rings. The first-order valence-electron chi connectivity index (χ1n) is 7.24. The monoisotopic (exact) mass is 262 g/mol. The molecule has 0 spiro atoms. The van der Waals surface area contributed by atoms with E-state index >= 15 is 0 Å². The van der Waals surface area contributed by atoms with Crippen LogP contribution in [-0.4, -0.2) is 11.1 Å². The zero-order chi connectivity index (χ0) is 13.9. The SMILES string of the molecule is CC1CC(OCc2ccnc(CN)c2)CC(C)(C)C1. The normalized spacial score (nSPS) is 26.3. The molecule has 1 heterocycles. The molecular formula is C16H26N2O. The maximum atomic E-state index is 6.11. The lowest BCUT2D eigenvalue weighted by Crippen LogP contribution is -2.32. The summed E-state index contributed by atoms with van der Waals surface area (Å²) in [5.74, 6) is 0.755. The molecular weight excluding hydrogens is 236 g/mol. The van der Waals surface area contributed by atoms with Gasteiger partial charge >= 0.3 is 0 Å². The third-order valence-corrected chi connectivity index (χ3v) is 3.92. The van der Waals surface area contributed by atoms with Crippen LogP contribution in [0, 0.1) is 11.3 Å². The molecule has 19 heavy (non-hydrogen) atoms.